The molecule has 5 rings (SSSR count). The van der Waals surface area contributed by atoms with Crippen molar-refractivity contribution in [2.24, 2.45) is 11.8 Å². The fourth-order valence-corrected chi connectivity index (χ4v) is 5.66. The van der Waals surface area contributed by atoms with Crippen LogP contribution in [-0.2, 0) is 37.0 Å². The second-order valence-corrected chi connectivity index (χ2v) is 9.60. The normalized spacial score (nSPS) is 22.1. The number of carbonyl (C=O) groups is 3. The SMILES string of the molecule is COC(=O)[C@@H]1NC(c2cccc(C(F)(F)F)c2)(c2cccc(C(F)(F)F)c2)[C@@H]2C(=O)N(c3ccc(F)cc3)C(=O)[C@@H]21. The van der Waals surface area contributed by atoms with Crippen LogP contribution in [0.1, 0.15) is 22.3 Å². The minimum Gasteiger partial charge on any atom is -0.468 e. The Labute approximate surface area is 227 Å². The van der Waals surface area contributed by atoms with Crippen LogP contribution < -0.4 is 10.2 Å². The molecule has 3 aromatic carbocycles. The lowest BCUT2D eigenvalue weighted by atomic mass is 9.71. The number of hydrogen-bond donors (Lipinski definition) is 1. The van der Waals surface area contributed by atoms with Gasteiger partial charge in [0.2, 0.25) is 11.8 Å². The molecular weight excluding hydrogens is 561 g/mol. The highest BCUT2D eigenvalue weighted by molar-refractivity contribution is 6.24. The molecule has 0 unspecified atom stereocenters. The molecule has 0 bridgehead atoms. The van der Waals surface area contributed by atoms with Crippen LogP contribution in [0.5, 0.6) is 0 Å². The molecular formula is C28H19F7N2O4. The number of hydrogen-bond acceptors (Lipinski definition) is 5. The van der Waals surface area contributed by atoms with Crippen molar-refractivity contribution in [2.45, 2.75) is 23.9 Å². The summed E-state index contributed by atoms with van der Waals surface area (Å²) < 4.78 is 101. The number of benzene rings is 3. The molecule has 3 atom stereocenters. The number of rotatable bonds is 4. The Bertz CT molecular complexity index is 1480. The quantitative estimate of drug-likeness (QED) is 0.266. The summed E-state index contributed by atoms with van der Waals surface area (Å²) in [5.74, 6) is -7.02. The molecule has 214 valence electrons. The van der Waals surface area contributed by atoms with Gasteiger partial charge in [-0.3, -0.25) is 19.7 Å². The van der Waals surface area contributed by atoms with E-state index in [1.54, 1.807) is 0 Å². The molecule has 0 aliphatic carbocycles. The molecule has 2 fully saturated rings. The number of amides is 2. The fourth-order valence-electron chi connectivity index (χ4n) is 5.66. The van der Waals surface area contributed by atoms with Gasteiger partial charge in [0.15, 0.2) is 0 Å². The smallest absolute Gasteiger partial charge is 0.416 e. The van der Waals surface area contributed by atoms with E-state index in [0.717, 1.165) is 67.8 Å². The molecule has 0 radical (unpaired) electrons. The number of anilines is 1. The topological polar surface area (TPSA) is 75.7 Å². The number of carbonyl (C=O) groups excluding carboxylic acids is 3. The molecule has 13 heteroatoms. The molecule has 2 saturated heterocycles. The largest absolute Gasteiger partial charge is 0.468 e. The van der Waals surface area contributed by atoms with E-state index in [0.29, 0.717) is 17.0 Å². The first-order chi connectivity index (χ1) is 19.2. The van der Waals surface area contributed by atoms with Crippen LogP contribution in [-0.4, -0.2) is 30.9 Å². The second kappa shape index (κ2) is 9.68. The van der Waals surface area contributed by atoms with E-state index in [1.807, 2.05) is 0 Å². The summed E-state index contributed by atoms with van der Waals surface area (Å²) in [6.07, 6.45) is -9.75. The van der Waals surface area contributed by atoms with Crippen LogP contribution in [0, 0.1) is 17.7 Å². The molecule has 0 saturated carbocycles. The summed E-state index contributed by atoms with van der Waals surface area (Å²) in [6.45, 7) is 0. The number of nitrogens with zero attached hydrogens (tertiary/aromatic N) is 1. The fraction of sp³-hybridized carbons (Fsp3) is 0.250. The van der Waals surface area contributed by atoms with Gasteiger partial charge in [0.1, 0.15) is 11.9 Å². The van der Waals surface area contributed by atoms with Crippen molar-refractivity contribution in [3.63, 3.8) is 0 Å². The van der Waals surface area contributed by atoms with Gasteiger partial charge < -0.3 is 4.74 Å². The van der Waals surface area contributed by atoms with E-state index < -0.39 is 70.5 Å². The van der Waals surface area contributed by atoms with Crippen molar-refractivity contribution in [2.75, 3.05) is 12.0 Å². The zero-order valence-electron chi connectivity index (χ0n) is 20.9. The Morgan fingerprint density at radius 2 is 1.34 bits per heavy atom. The highest BCUT2D eigenvalue weighted by Gasteiger charge is 2.68. The van der Waals surface area contributed by atoms with E-state index in [-0.39, 0.29) is 16.8 Å². The van der Waals surface area contributed by atoms with Crippen LogP contribution in [0.15, 0.2) is 72.8 Å². The van der Waals surface area contributed by atoms with E-state index in [1.165, 1.54) is 0 Å². The molecule has 0 aromatic heterocycles. The molecule has 2 aliphatic rings. The molecule has 3 aromatic rings. The Hall–Kier alpha value is -4.26. The lowest BCUT2D eigenvalue weighted by Gasteiger charge is -2.37. The van der Waals surface area contributed by atoms with Gasteiger partial charge in [0, 0.05) is 0 Å². The number of halogens is 7. The van der Waals surface area contributed by atoms with Gasteiger partial charge in [-0.05, 0) is 59.7 Å². The lowest BCUT2D eigenvalue weighted by molar-refractivity contribution is -0.145. The Morgan fingerprint density at radius 3 is 1.80 bits per heavy atom. The first-order valence-electron chi connectivity index (χ1n) is 12.0. The Morgan fingerprint density at radius 1 is 0.829 bits per heavy atom. The van der Waals surface area contributed by atoms with Crippen LogP contribution in [0.25, 0.3) is 0 Å². The van der Waals surface area contributed by atoms with Gasteiger partial charge in [-0.25, -0.2) is 9.29 Å². The van der Waals surface area contributed by atoms with Crippen LogP contribution in [0.4, 0.5) is 36.4 Å². The minimum absolute atomic E-state index is 0.0959. The summed E-state index contributed by atoms with van der Waals surface area (Å²) in [5, 5.41) is 2.75. The average Bonchev–Trinajstić information content (AvgIpc) is 3.42. The first-order valence-corrected chi connectivity index (χ1v) is 12.0. The number of esters is 1. The zero-order valence-corrected chi connectivity index (χ0v) is 20.9. The number of alkyl halides is 6. The highest BCUT2D eigenvalue weighted by atomic mass is 19.4. The molecule has 1 N–H and O–H groups in total. The number of imide groups is 1. The average molecular weight is 580 g/mol. The predicted octanol–water partition coefficient (Wildman–Crippen LogP) is 5.06. The van der Waals surface area contributed by atoms with Gasteiger partial charge in [0.05, 0.1) is 41.3 Å². The second-order valence-electron chi connectivity index (χ2n) is 9.60. The maximum atomic E-state index is 14.0. The van der Waals surface area contributed by atoms with Crippen molar-refractivity contribution in [3.8, 4) is 0 Å². The maximum Gasteiger partial charge on any atom is 0.416 e. The lowest BCUT2D eigenvalue weighted by Crippen LogP contribution is -2.52. The van der Waals surface area contributed by atoms with Crippen LogP contribution >= 0.6 is 0 Å². The van der Waals surface area contributed by atoms with Crippen molar-refractivity contribution in [1.82, 2.24) is 5.32 Å². The Balaban J connectivity index is 1.81. The summed E-state index contributed by atoms with van der Waals surface area (Å²) in [5.41, 5.74) is -5.29. The third kappa shape index (κ3) is 4.53. The standard InChI is InChI=1S/C28H19F7N2O4/c1-41-25(40)22-20-21(24(39)37(23(20)38)19-10-8-18(29)9-11-19)26(36-22,14-4-2-6-16(12-14)27(30,31)32)15-5-3-7-17(13-15)28(33,34)35/h2-13,20-22,36H,1H3/t20-,21-,22+/m0/s1. The van der Waals surface area contributed by atoms with Gasteiger partial charge >= 0.3 is 18.3 Å². The van der Waals surface area contributed by atoms with Gasteiger partial charge in [-0.1, -0.05) is 24.3 Å². The van der Waals surface area contributed by atoms with Crippen LogP contribution in [0.2, 0.25) is 0 Å². The van der Waals surface area contributed by atoms with Gasteiger partial charge in [-0.2, -0.15) is 26.3 Å². The maximum absolute atomic E-state index is 14.0. The number of nitrogens with one attached hydrogen (secondary N) is 1. The summed E-state index contributed by atoms with van der Waals surface area (Å²) in [4.78, 5) is 41.3. The van der Waals surface area contributed by atoms with Crippen molar-refractivity contribution in [1.29, 1.82) is 0 Å². The minimum atomic E-state index is -4.87. The van der Waals surface area contributed by atoms with E-state index in [4.69, 9.17) is 4.74 Å². The summed E-state index contributed by atoms with van der Waals surface area (Å²) in [7, 11) is 0.979. The molecule has 2 heterocycles. The number of methoxy groups -OCH3 is 1. The van der Waals surface area contributed by atoms with Crippen molar-refractivity contribution >= 4 is 23.5 Å². The monoisotopic (exact) mass is 580 g/mol. The van der Waals surface area contributed by atoms with Crippen LogP contribution in [0.3, 0.4) is 0 Å². The van der Waals surface area contributed by atoms with E-state index in [2.05, 4.69) is 5.32 Å². The number of ether oxygens (including phenoxy) is 1. The first kappa shape index (κ1) is 28.3. The summed E-state index contributed by atoms with van der Waals surface area (Å²) in [6, 6.07) is 9.64. The van der Waals surface area contributed by atoms with Gasteiger partial charge in [-0.15, -0.1) is 0 Å². The predicted molar refractivity (Wildman–Crippen MR) is 128 cm³/mol. The third-order valence-electron chi connectivity index (χ3n) is 7.39. The van der Waals surface area contributed by atoms with E-state index >= 15 is 0 Å². The number of fused-ring (bicyclic) bond motifs is 1. The molecule has 2 aliphatic heterocycles. The van der Waals surface area contributed by atoms with E-state index in [9.17, 15) is 45.1 Å². The molecule has 2 amide bonds. The summed E-state index contributed by atoms with van der Waals surface area (Å²) >= 11 is 0. The molecule has 41 heavy (non-hydrogen) atoms. The van der Waals surface area contributed by atoms with Gasteiger partial charge in [0.25, 0.3) is 0 Å². The Kier molecular flexibility index (Phi) is 6.68. The molecule has 0 spiro atoms. The highest BCUT2D eigenvalue weighted by Crippen LogP contribution is 2.53. The third-order valence-corrected chi connectivity index (χ3v) is 7.39. The van der Waals surface area contributed by atoms with Crippen molar-refractivity contribution in [3.05, 3.63) is 101 Å². The van der Waals surface area contributed by atoms with Crippen molar-refractivity contribution < 1.29 is 49.9 Å². The molecule has 6 nitrogen and oxygen atoms in total. The zero-order chi connectivity index (χ0) is 29.9.